The Morgan fingerprint density at radius 2 is 2.60 bits per heavy atom. The summed E-state index contributed by atoms with van der Waals surface area (Å²) in [4.78, 5) is 4.68. The van der Waals surface area contributed by atoms with Crippen LogP contribution in [0.15, 0.2) is 5.38 Å². The monoisotopic (exact) mass is 226 g/mol. The molecule has 3 nitrogen and oxygen atoms in total. The zero-order valence-electron chi connectivity index (χ0n) is 9.32. The third-order valence-corrected chi connectivity index (χ3v) is 3.95. The lowest BCUT2D eigenvalue weighted by molar-refractivity contribution is 0.0757. The van der Waals surface area contributed by atoms with Crippen LogP contribution in [0, 0.1) is 0 Å². The topological polar surface area (TPSA) is 34.1 Å². The molecule has 4 heteroatoms. The fourth-order valence-electron chi connectivity index (χ4n) is 1.62. The fraction of sp³-hybridized carbons (Fsp3) is 0.727. The molecule has 84 valence electrons. The van der Waals surface area contributed by atoms with Gasteiger partial charge in [0.15, 0.2) is 0 Å². The van der Waals surface area contributed by atoms with Crippen molar-refractivity contribution in [2.75, 3.05) is 19.8 Å². The van der Waals surface area contributed by atoms with Crippen LogP contribution in [0.3, 0.4) is 0 Å². The van der Waals surface area contributed by atoms with Gasteiger partial charge in [-0.1, -0.05) is 13.8 Å². The van der Waals surface area contributed by atoms with E-state index in [4.69, 9.17) is 4.74 Å². The van der Waals surface area contributed by atoms with Crippen molar-refractivity contribution in [1.82, 2.24) is 10.3 Å². The number of aromatic nitrogens is 1. The Kier molecular flexibility index (Phi) is 3.72. The first kappa shape index (κ1) is 11.0. The lowest BCUT2D eigenvalue weighted by Gasteiger charge is -2.22. The molecule has 2 rings (SSSR count). The number of rotatable bonds is 3. The van der Waals surface area contributed by atoms with E-state index in [-0.39, 0.29) is 0 Å². The number of hydrogen-bond acceptors (Lipinski definition) is 4. The molecule has 0 aliphatic carbocycles. The summed E-state index contributed by atoms with van der Waals surface area (Å²) in [5.41, 5.74) is 1.15. The lowest BCUT2D eigenvalue weighted by atomic mass is 10.1. The molecule has 1 fully saturated rings. The van der Waals surface area contributed by atoms with Gasteiger partial charge in [-0.25, -0.2) is 4.98 Å². The van der Waals surface area contributed by atoms with Gasteiger partial charge >= 0.3 is 0 Å². The normalized spacial score (nSPS) is 24.0. The Balaban J connectivity index is 2.05. The van der Waals surface area contributed by atoms with Crippen LogP contribution in [0.1, 0.15) is 42.9 Å². The van der Waals surface area contributed by atoms with Crippen molar-refractivity contribution in [2.24, 2.45) is 0 Å². The highest BCUT2D eigenvalue weighted by Gasteiger charge is 2.19. The first-order chi connectivity index (χ1) is 7.31. The van der Waals surface area contributed by atoms with E-state index in [0.717, 1.165) is 31.9 Å². The zero-order chi connectivity index (χ0) is 10.7. The number of nitrogens with one attached hydrogen (secondary N) is 1. The van der Waals surface area contributed by atoms with Crippen LogP contribution in [0.2, 0.25) is 0 Å². The quantitative estimate of drug-likeness (QED) is 0.859. The minimum Gasteiger partial charge on any atom is -0.378 e. The van der Waals surface area contributed by atoms with E-state index in [0.29, 0.717) is 12.0 Å². The van der Waals surface area contributed by atoms with Crippen molar-refractivity contribution < 1.29 is 4.74 Å². The third kappa shape index (κ3) is 2.56. The summed E-state index contributed by atoms with van der Waals surface area (Å²) in [6, 6.07) is 0.299. The Labute approximate surface area is 94.9 Å². The summed E-state index contributed by atoms with van der Waals surface area (Å²) in [5, 5.41) is 6.84. The van der Waals surface area contributed by atoms with E-state index < -0.39 is 0 Å². The molecule has 2 heterocycles. The Morgan fingerprint density at radius 3 is 3.27 bits per heavy atom. The second-order valence-electron chi connectivity index (χ2n) is 4.00. The molecule has 2 atom stereocenters. The van der Waals surface area contributed by atoms with Gasteiger partial charge in [-0.15, -0.1) is 11.3 Å². The minimum absolute atomic E-state index is 0.299. The molecule has 1 aromatic heterocycles. The number of thiazole rings is 1. The van der Waals surface area contributed by atoms with E-state index in [2.05, 4.69) is 29.5 Å². The highest BCUT2D eigenvalue weighted by atomic mass is 32.1. The maximum atomic E-state index is 5.43. The van der Waals surface area contributed by atoms with Crippen molar-refractivity contribution in [3.05, 3.63) is 16.1 Å². The fourth-order valence-corrected chi connectivity index (χ4v) is 2.63. The number of ether oxygens (including phenoxy) is 1. The van der Waals surface area contributed by atoms with Crippen molar-refractivity contribution in [3.8, 4) is 0 Å². The van der Waals surface area contributed by atoms with Crippen LogP contribution < -0.4 is 5.32 Å². The van der Waals surface area contributed by atoms with E-state index >= 15 is 0 Å². The van der Waals surface area contributed by atoms with Gasteiger partial charge in [0.1, 0.15) is 0 Å². The number of morpholine rings is 1. The molecule has 1 aliphatic heterocycles. The van der Waals surface area contributed by atoms with Crippen LogP contribution >= 0.6 is 11.3 Å². The smallest absolute Gasteiger partial charge is 0.0957 e. The highest BCUT2D eigenvalue weighted by molar-refractivity contribution is 7.09. The third-order valence-electron chi connectivity index (χ3n) is 2.85. The van der Waals surface area contributed by atoms with Gasteiger partial charge in [-0.3, -0.25) is 0 Å². The average Bonchev–Trinajstić information content (AvgIpc) is 2.78. The molecule has 0 bridgehead atoms. The van der Waals surface area contributed by atoms with E-state index in [1.54, 1.807) is 11.3 Å². The molecule has 15 heavy (non-hydrogen) atoms. The minimum atomic E-state index is 0.299. The van der Waals surface area contributed by atoms with Gasteiger partial charge in [0.25, 0.3) is 0 Å². The average molecular weight is 226 g/mol. The summed E-state index contributed by atoms with van der Waals surface area (Å²) in [6.07, 6.45) is 1.15. The van der Waals surface area contributed by atoms with Crippen LogP contribution in [0.5, 0.6) is 0 Å². The molecular formula is C11H18N2OS. The predicted octanol–water partition coefficient (Wildman–Crippen LogP) is 2.32. The maximum absolute atomic E-state index is 5.43. The number of nitrogens with zero attached hydrogens (tertiary/aromatic N) is 1. The summed E-state index contributed by atoms with van der Waals surface area (Å²) in [7, 11) is 0. The first-order valence-corrected chi connectivity index (χ1v) is 6.45. The van der Waals surface area contributed by atoms with Gasteiger partial charge in [-0.05, 0) is 6.42 Å². The molecule has 0 amide bonds. The molecule has 1 aliphatic rings. The highest BCUT2D eigenvalue weighted by Crippen LogP contribution is 2.25. The van der Waals surface area contributed by atoms with E-state index in [9.17, 15) is 0 Å². The maximum Gasteiger partial charge on any atom is 0.0957 e. The van der Waals surface area contributed by atoms with Gasteiger partial charge in [-0.2, -0.15) is 0 Å². The van der Waals surface area contributed by atoms with Crippen molar-refractivity contribution in [3.63, 3.8) is 0 Å². The second-order valence-corrected chi connectivity index (χ2v) is 4.89. The predicted molar refractivity (Wildman–Crippen MR) is 62.4 cm³/mol. The second kappa shape index (κ2) is 5.05. The molecule has 2 unspecified atom stereocenters. The van der Waals surface area contributed by atoms with Crippen LogP contribution in [-0.4, -0.2) is 24.7 Å². The first-order valence-electron chi connectivity index (χ1n) is 5.57. The molecular weight excluding hydrogens is 208 g/mol. The number of hydrogen-bond donors (Lipinski definition) is 1. The summed E-state index contributed by atoms with van der Waals surface area (Å²) < 4.78 is 5.43. The molecule has 0 spiro atoms. The van der Waals surface area contributed by atoms with Gasteiger partial charge in [0.05, 0.1) is 30.0 Å². The van der Waals surface area contributed by atoms with Gasteiger partial charge in [0, 0.05) is 17.8 Å². The molecule has 0 saturated carbocycles. The van der Waals surface area contributed by atoms with Crippen molar-refractivity contribution in [1.29, 1.82) is 0 Å². The Hall–Kier alpha value is -0.450. The SMILES string of the molecule is CCC(C)c1nc(C2COCCN2)cs1. The van der Waals surface area contributed by atoms with Crippen molar-refractivity contribution >= 4 is 11.3 Å². The van der Waals surface area contributed by atoms with Gasteiger partial charge < -0.3 is 10.1 Å². The molecule has 0 radical (unpaired) electrons. The largest absolute Gasteiger partial charge is 0.378 e. The molecule has 1 saturated heterocycles. The Bertz CT molecular complexity index is 307. The van der Waals surface area contributed by atoms with Crippen molar-refractivity contribution in [2.45, 2.75) is 32.2 Å². The Morgan fingerprint density at radius 1 is 1.73 bits per heavy atom. The van der Waals surface area contributed by atoms with Crippen LogP contribution in [0.25, 0.3) is 0 Å². The van der Waals surface area contributed by atoms with Gasteiger partial charge in [0.2, 0.25) is 0 Å². The summed E-state index contributed by atoms with van der Waals surface area (Å²) >= 11 is 1.77. The van der Waals surface area contributed by atoms with Crippen LogP contribution in [-0.2, 0) is 4.74 Å². The summed E-state index contributed by atoms with van der Waals surface area (Å²) in [5.74, 6) is 0.577. The summed E-state index contributed by atoms with van der Waals surface area (Å²) in [6.45, 7) is 6.94. The van der Waals surface area contributed by atoms with Crippen LogP contribution in [0.4, 0.5) is 0 Å². The van der Waals surface area contributed by atoms with E-state index in [1.165, 1.54) is 5.01 Å². The lowest BCUT2D eigenvalue weighted by Crippen LogP contribution is -2.34. The van der Waals surface area contributed by atoms with E-state index in [1.807, 2.05) is 0 Å². The molecule has 0 aromatic carbocycles. The zero-order valence-corrected chi connectivity index (χ0v) is 10.1. The molecule has 1 aromatic rings. The molecule has 1 N–H and O–H groups in total. The standard InChI is InChI=1S/C11H18N2OS/c1-3-8(2)11-13-10(7-15-11)9-6-14-5-4-12-9/h7-9,12H,3-6H2,1-2H3.